The second-order valence-electron chi connectivity index (χ2n) is 4.83. The van der Waals surface area contributed by atoms with Crippen molar-refractivity contribution in [3.63, 3.8) is 0 Å². The first-order chi connectivity index (χ1) is 10.1. The highest BCUT2D eigenvalue weighted by molar-refractivity contribution is 6.30. The number of hydrogen-bond donors (Lipinski definition) is 1. The van der Waals surface area contributed by atoms with Gasteiger partial charge in [-0.2, -0.15) is 0 Å². The van der Waals surface area contributed by atoms with Crippen molar-refractivity contribution in [1.29, 1.82) is 0 Å². The molecule has 106 valence electrons. The molecule has 0 saturated carbocycles. The monoisotopic (exact) mass is 303 g/mol. The maximum Gasteiger partial charge on any atom is 0.251 e. The predicted molar refractivity (Wildman–Crippen MR) is 77.3 cm³/mol. The third kappa shape index (κ3) is 2.54. The van der Waals surface area contributed by atoms with Crippen LogP contribution >= 0.6 is 11.6 Å². The molecule has 5 heteroatoms. The third-order valence-electron chi connectivity index (χ3n) is 3.47. The Labute approximate surface area is 125 Å². The first kappa shape index (κ1) is 13.8. The average molecular weight is 304 g/mol. The Balaban J connectivity index is 2.02. The summed E-state index contributed by atoms with van der Waals surface area (Å²) in [6.45, 7) is 0.588. The van der Waals surface area contributed by atoms with Crippen LogP contribution < -0.4 is 5.32 Å². The van der Waals surface area contributed by atoms with Gasteiger partial charge in [0.05, 0.1) is 5.56 Å². The van der Waals surface area contributed by atoms with Crippen molar-refractivity contribution in [3.05, 3.63) is 69.5 Å². The van der Waals surface area contributed by atoms with E-state index in [9.17, 15) is 14.0 Å². The zero-order valence-electron chi connectivity index (χ0n) is 11.0. The zero-order valence-corrected chi connectivity index (χ0v) is 11.7. The minimum Gasteiger partial charge on any atom is -0.352 e. The van der Waals surface area contributed by atoms with Gasteiger partial charge in [-0.3, -0.25) is 9.59 Å². The summed E-state index contributed by atoms with van der Waals surface area (Å²) < 4.78 is 13.8. The molecule has 0 saturated heterocycles. The maximum atomic E-state index is 13.8. The molecular weight excluding hydrogens is 293 g/mol. The van der Waals surface area contributed by atoms with Crippen LogP contribution in [0.4, 0.5) is 4.39 Å². The molecule has 0 atom stereocenters. The lowest BCUT2D eigenvalue weighted by Crippen LogP contribution is -2.32. The van der Waals surface area contributed by atoms with Gasteiger partial charge in [-0.15, -0.1) is 0 Å². The van der Waals surface area contributed by atoms with Crippen LogP contribution in [0.25, 0.3) is 0 Å². The van der Waals surface area contributed by atoms with E-state index in [1.165, 1.54) is 18.2 Å². The number of nitrogens with one attached hydrogen (secondary N) is 1. The third-order valence-corrected chi connectivity index (χ3v) is 3.71. The fourth-order valence-electron chi connectivity index (χ4n) is 2.38. The number of fused-ring (bicyclic) bond motifs is 1. The van der Waals surface area contributed by atoms with E-state index in [-0.39, 0.29) is 22.1 Å². The highest BCUT2D eigenvalue weighted by Gasteiger charge is 2.20. The Bertz CT molecular complexity index is 758. The van der Waals surface area contributed by atoms with Gasteiger partial charge in [-0.1, -0.05) is 23.7 Å². The van der Waals surface area contributed by atoms with Gasteiger partial charge in [0.25, 0.3) is 5.91 Å². The van der Waals surface area contributed by atoms with Crippen LogP contribution in [0, 0.1) is 5.82 Å². The number of amides is 1. The van der Waals surface area contributed by atoms with Gasteiger partial charge >= 0.3 is 0 Å². The van der Waals surface area contributed by atoms with E-state index in [1.807, 2.05) is 0 Å². The highest BCUT2D eigenvalue weighted by atomic mass is 35.5. The summed E-state index contributed by atoms with van der Waals surface area (Å²) in [7, 11) is 0. The van der Waals surface area contributed by atoms with Crippen molar-refractivity contribution in [2.24, 2.45) is 0 Å². The number of hydrogen-bond acceptors (Lipinski definition) is 2. The van der Waals surface area contributed by atoms with E-state index in [1.54, 1.807) is 12.1 Å². The molecule has 0 bridgehead atoms. The zero-order chi connectivity index (χ0) is 15.0. The van der Waals surface area contributed by atoms with Crippen LogP contribution in [0.15, 0.2) is 36.4 Å². The SMILES string of the molecule is O=C(c1ccc2c(c1)C(=O)NCC2)c1ccc(Cl)cc1F. The van der Waals surface area contributed by atoms with Gasteiger partial charge in [-0.25, -0.2) is 4.39 Å². The molecule has 2 aromatic carbocycles. The molecule has 1 aliphatic rings. The van der Waals surface area contributed by atoms with E-state index in [0.29, 0.717) is 12.1 Å². The van der Waals surface area contributed by atoms with E-state index in [4.69, 9.17) is 11.6 Å². The molecule has 0 aromatic heterocycles. The van der Waals surface area contributed by atoms with Crippen LogP contribution in [0.1, 0.15) is 31.8 Å². The number of carbonyl (C=O) groups excluding carboxylic acids is 2. The molecule has 0 aliphatic carbocycles. The van der Waals surface area contributed by atoms with Gasteiger partial charge in [0.1, 0.15) is 5.82 Å². The summed E-state index contributed by atoms with van der Waals surface area (Å²) in [6, 6.07) is 8.78. The molecule has 0 spiro atoms. The average Bonchev–Trinajstić information content (AvgIpc) is 2.47. The fraction of sp³-hybridized carbons (Fsp3) is 0.125. The van der Waals surface area contributed by atoms with Crippen molar-refractivity contribution in [1.82, 2.24) is 5.32 Å². The molecule has 1 heterocycles. The molecule has 1 aliphatic heterocycles. The van der Waals surface area contributed by atoms with Crippen LogP contribution in [-0.2, 0) is 6.42 Å². The van der Waals surface area contributed by atoms with Gasteiger partial charge in [0.2, 0.25) is 0 Å². The lowest BCUT2D eigenvalue weighted by molar-refractivity contribution is 0.0946. The molecule has 0 fully saturated rings. The van der Waals surface area contributed by atoms with Gasteiger partial charge in [0, 0.05) is 22.7 Å². The number of carbonyl (C=O) groups is 2. The van der Waals surface area contributed by atoms with Crippen molar-refractivity contribution in [3.8, 4) is 0 Å². The molecule has 1 amide bonds. The Morgan fingerprint density at radius 3 is 2.76 bits per heavy atom. The lowest BCUT2D eigenvalue weighted by Gasteiger charge is -2.17. The van der Waals surface area contributed by atoms with Crippen molar-refractivity contribution < 1.29 is 14.0 Å². The van der Waals surface area contributed by atoms with Gasteiger partial charge in [-0.05, 0) is 36.2 Å². The first-order valence-corrected chi connectivity index (χ1v) is 6.85. The molecule has 0 radical (unpaired) electrons. The molecule has 21 heavy (non-hydrogen) atoms. The van der Waals surface area contributed by atoms with Crippen LogP contribution in [0.3, 0.4) is 0 Å². The lowest BCUT2D eigenvalue weighted by atomic mass is 9.94. The van der Waals surface area contributed by atoms with E-state index in [2.05, 4.69) is 5.32 Å². The number of rotatable bonds is 2. The highest BCUT2D eigenvalue weighted by Crippen LogP contribution is 2.21. The normalized spacial score (nSPS) is 13.5. The maximum absolute atomic E-state index is 13.8. The topological polar surface area (TPSA) is 46.2 Å². The Morgan fingerprint density at radius 2 is 2.00 bits per heavy atom. The Kier molecular flexibility index (Phi) is 3.47. The van der Waals surface area contributed by atoms with Crippen LogP contribution in [0.5, 0.6) is 0 Å². The summed E-state index contributed by atoms with van der Waals surface area (Å²) >= 11 is 5.68. The number of ketones is 1. The quantitative estimate of drug-likeness (QED) is 0.867. The van der Waals surface area contributed by atoms with E-state index >= 15 is 0 Å². The summed E-state index contributed by atoms with van der Waals surface area (Å²) in [6.07, 6.45) is 0.727. The summed E-state index contributed by atoms with van der Waals surface area (Å²) in [5.41, 5.74) is 1.59. The largest absolute Gasteiger partial charge is 0.352 e. The fourth-order valence-corrected chi connectivity index (χ4v) is 2.54. The van der Waals surface area contributed by atoms with Gasteiger partial charge < -0.3 is 5.32 Å². The minimum atomic E-state index is -0.672. The smallest absolute Gasteiger partial charge is 0.251 e. The molecular formula is C16H11ClFNO2. The molecule has 0 unspecified atom stereocenters. The molecule has 2 aromatic rings. The summed E-state index contributed by atoms with van der Waals surface area (Å²) in [5.74, 6) is -1.34. The summed E-state index contributed by atoms with van der Waals surface area (Å²) in [4.78, 5) is 24.2. The van der Waals surface area contributed by atoms with Crippen molar-refractivity contribution in [2.45, 2.75) is 6.42 Å². The van der Waals surface area contributed by atoms with E-state index in [0.717, 1.165) is 18.1 Å². The standard InChI is InChI=1S/C16H11ClFNO2/c17-11-3-4-12(14(18)8-11)15(20)10-2-1-9-5-6-19-16(21)13(9)7-10/h1-4,7-8H,5-6H2,(H,19,21). The summed E-state index contributed by atoms with van der Waals surface area (Å²) in [5, 5.41) is 2.95. The molecule has 3 rings (SSSR count). The Morgan fingerprint density at radius 1 is 1.19 bits per heavy atom. The second-order valence-corrected chi connectivity index (χ2v) is 5.27. The number of halogens is 2. The molecule has 3 nitrogen and oxygen atoms in total. The van der Waals surface area contributed by atoms with Crippen molar-refractivity contribution >= 4 is 23.3 Å². The Hall–Kier alpha value is -2.20. The van der Waals surface area contributed by atoms with Gasteiger partial charge in [0.15, 0.2) is 5.78 Å². The van der Waals surface area contributed by atoms with Crippen LogP contribution in [0.2, 0.25) is 5.02 Å². The van der Waals surface area contributed by atoms with Crippen LogP contribution in [-0.4, -0.2) is 18.2 Å². The van der Waals surface area contributed by atoms with Crippen molar-refractivity contribution in [2.75, 3.05) is 6.54 Å². The number of benzene rings is 2. The predicted octanol–water partition coefficient (Wildman–Crippen LogP) is 3.00. The second kappa shape index (κ2) is 5.30. The first-order valence-electron chi connectivity index (χ1n) is 6.47. The molecule has 1 N–H and O–H groups in total. The minimum absolute atomic E-state index is 0.0597. The van der Waals surface area contributed by atoms with E-state index < -0.39 is 11.6 Å².